The summed E-state index contributed by atoms with van der Waals surface area (Å²) in [7, 11) is -20.4. The highest BCUT2D eigenvalue weighted by atomic mass is 79.9. The number of halogens is 16. The molecule has 8 heterocycles. The molecule has 0 saturated carbocycles. The van der Waals surface area contributed by atoms with E-state index in [0.29, 0.717) is 107 Å². The Hall–Kier alpha value is -13.2. The molecule has 149 heavy (non-hydrogen) atoms. The number of benzene rings is 8. The van der Waals surface area contributed by atoms with E-state index in [2.05, 4.69) is 85.9 Å². The molecule has 784 valence electrons. The second-order valence-corrected chi connectivity index (χ2v) is 44.2. The number of hydrogen-bond acceptors (Lipinski definition) is 21. The number of carbonyl (C=O) groups is 5. The second-order valence-electron chi connectivity index (χ2n) is 31.5. The number of ketones is 3. The summed E-state index contributed by atoms with van der Waals surface area (Å²) in [6.45, 7) is 8.20. The maximum Gasteiger partial charge on any atom is 0.488 e. The molecule has 0 aliphatic rings. The monoisotopic (exact) mass is 2360 g/mol. The van der Waals surface area contributed by atoms with Crippen LogP contribution in [0.1, 0.15) is 135 Å². The Morgan fingerprint density at radius 2 is 0.611 bits per heavy atom. The van der Waals surface area contributed by atoms with Gasteiger partial charge in [0.15, 0.2) is 29.1 Å². The molecule has 0 bridgehead atoms. The minimum absolute atomic E-state index is 0.000297. The van der Waals surface area contributed by atoms with Gasteiger partial charge in [-0.15, -0.1) is 0 Å². The van der Waals surface area contributed by atoms with Gasteiger partial charge >= 0.3 is 13.1 Å². The van der Waals surface area contributed by atoms with Gasteiger partial charge in [-0.3, -0.25) is 42.8 Å². The van der Waals surface area contributed by atoms with Gasteiger partial charge in [0, 0.05) is 123 Å². The minimum atomic E-state index is -3.84. The van der Waals surface area contributed by atoms with E-state index >= 15 is 8.78 Å². The second kappa shape index (κ2) is 51.8. The quantitative estimate of drug-likeness (QED) is 0.00831. The van der Waals surface area contributed by atoms with Gasteiger partial charge in [-0.2, -0.15) is 0 Å². The van der Waals surface area contributed by atoms with Crippen molar-refractivity contribution in [3.05, 3.63) is 340 Å². The fraction of sp³-hybridized carbons (Fsp3) is 0.156. The zero-order chi connectivity index (χ0) is 110. The standard InChI is InChI=1S/2C23H18ClF2N3O3S.C17H14BrF2N3O3S.C10H10ClF2NO3S.C10H11F2NO4S.C7H5BrN2.C6H6BClO2/c2*1-2-9-33(31,32)29-19-8-7-18(25)20(21(19)26)22(30)17-12-28-23-16(17)10-14(11-27-23)13-3-5-15(24)6-4-13;1-2-5-27(25,26)23-13-4-3-12(19)14(15(13)20)16(24)11-8-22-17-10(11)6-9(18)7-21-17;1-2-5-18(16,17)14-7-4-3-6(12)8(9(7)13)10(11)15;1-2-5-18(16,17)13-7-4-3-6(11)8(9(7)12)10(14)15;8-6-3-5-1-2-9-7(5)10-4-6;8-6-3-1-5(2-4-6)7(9)10/h2*3-8,10-12,29H,2,9H2,1H3,(H,27,28);3-4,6-8,23H,2,5H2,1H3,(H,21,22);3-4,14H,2,5H2,1H3;3-4,13H,2,5H2,1H3,(H,14,15);1-4H,(H,9,10);1-4,9-10H. The van der Waals surface area contributed by atoms with Crippen LogP contribution in [0, 0.1) is 58.2 Å². The zero-order valence-electron chi connectivity index (χ0n) is 77.7. The number of carboxylic acid groups (broad SMARTS) is 1. The van der Waals surface area contributed by atoms with Gasteiger partial charge in [-0.1, -0.05) is 106 Å². The highest BCUT2D eigenvalue weighted by Crippen LogP contribution is 2.36. The van der Waals surface area contributed by atoms with Gasteiger partial charge < -0.3 is 35.1 Å². The van der Waals surface area contributed by atoms with E-state index in [1.54, 1.807) is 144 Å². The van der Waals surface area contributed by atoms with Crippen LogP contribution in [0.3, 0.4) is 0 Å². The first-order valence-electron chi connectivity index (χ1n) is 43.5. The molecule has 0 unspecified atom stereocenters. The molecule has 0 spiro atoms. The van der Waals surface area contributed by atoms with Crippen molar-refractivity contribution in [3.8, 4) is 22.3 Å². The van der Waals surface area contributed by atoms with E-state index < -0.39 is 200 Å². The Morgan fingerprint density at radius 1 is 0.342 bits per heavy atom. The number of H-pyrrole nitrogens is 4. The van der Waals surface area contributed by atoms with Crippen LogP contribution in [-0.4, -0.2) is 162 Å². The largest absolute Gasteiger partial charge is 0.488 e. The number of carboxylic acids is 1. The van der Waals surface area contributed by atoms with E-state index in [-0.39, 0.29) is 45.5 Å². The number of nitrogens with one attached hydrogen (secondary N) is 9. The van der Waals surface area contributed by atoms with Crippen molar-refractivity contribution < 1.29 is 125 Å². The smallest absolute Gasteiger partial charge is 0.477 e. The number of aromatic nitrogens is 8. The van der Waals surface area contributed by atoms with Gasteiger partial charge in [0.1, 0.15) is 62.8 Å². The van der Waals surface area contributed by atoms with Gasteiger partial charge in [-0.05, 0) is 220 Å². The summed E-state index contributed by atoms with van der Waals surface area (Å²) < 4.78 is 271. The molecule has 16 rings (SSSR count). The number of nitrogens with zero attached hydrogens (tertiary/aromatic N) is 4. The fourth-order valence-corrected chi connectivity index (χ4v) is 20.6. The normalized spacial score (nSPS) is 11.3. The molecule has 16 aromatic rings. The van der Waals surface area contributed by atoms with Crippen molar-refractivity contribution in [1.82, 2.24) is 39.9 Å². The fourth-order valence-electron chi connectivity index (χ4n) is 13.7. The summed E-state index contributed by atoms with van der Waals surface area (Å²) in [4.78, 5) is 88.8. The SMILES string of the molecule is Brc1cnc2[nH]ccc2c1.CCCS(=O)(=O)Nc1ccc(F)c(C(=O)Cl)c1F.CCCS(=O)(=O)Nc1ccc(F)c(C(=O)O)c1F.CCCS(=O)(=O)Nc1ccc(F)c(C(=O)c2c[nH]c3ncc(-c4ccc(Cl)cc4)cc23)c1F.CCCS(=O)(=O)Nc1ccc(F)c(C(=O)c2c[nH]c3ncc(-c4ccc(Cl)cc4)cc23)c1F.CCCS(=O)(=O)Nc1ccc(F)c(C(=O)c2c[nH]c3ncc(Br)cc23)c1F.OB(O)c1ccc(Cl)cc1. The van der Waals surface area contributed by atoms with Crippen LogP contribution in [0.25, 0.3) is 66.4 Å². The van der Waals surface area contributed by atoms with Crippen molar-refractivity contribution in [3.63, 3.8) is 0 Å². The predicted octanol–water partition coefficient (Wildman–Crippen LogP) is 21.7. The highest BCUT2D eigenvalue weighted by molar-refractivity contribution is 9.10. The van der Waals surface area contributed by atoms with Crippen molar-refractivity contribution in [2.45, 2.75) is 66.7 Å². The number of anilines is 5. The number of hydrogen-bond donors (Lipinski definition) is 12. The highest BCUT2D eigenvalue weighted by Gasteiger charge is 2.32. The lowest BCUT2D eigenvalue weighted by Gasteiger charge is -2.11. The first-order valence-corrected chi connectivity index (χ1v) is 54.9. The average Bonchev–Trinajstić information content (AvgIpc) is 1.70. The van der Waals surface area contributed by atoms with Crippen LogP contribution in [0.15, 0.2) is 222 Å². The molecule has 12 N–H and O–H groups in total. The lowest BCUT2D eigenvalue weighted by Crippen LogP contribution is -2.29. The molecule has 8 aromatic carbocycles. The summed E-state index contributed by atoms with van der Waals surface area (Å²) >= 11 is 29.0. The van der Waals surface area contributed by atoms with Crippen molar-refractivity contribution >= 4 is 242 Å². The minimum Gasteiger partial charge on any atom is -0.477 e. The Kier molecular flexibility index (Phi) is 41.0. The van der Waals surface area contributed by atoms with Gasteiger partial charge in [-0.25, -0.2) is 111 Å². The third-order valence-electron chi connectivity index (χ3n) is 20.4. The third kappa shape index (κ3) is 31.3. The topological polar surface area (TPSA) is 492 Å². The van der Waals surface area contributed by atoms with Crippen LogP contribution < -0.4 is 29.1 Å². The number of fused-ring (bicyclic) bond motifs is 4. The van der Waals surface area contributed by atoms with E-state index in [0.717, 1.165) is 81.2 Å². The first kappa shape index (κ1) is 118. The molecule has 0 atom stereocenters. The number of rotatable bonds is 31. The summed E-state index contributed by atoms with van der Waals surface area (Å²) in [5.41, 5.74) is -1.85. The molecule has 0 fully saturated rings. The van der Waals surface area contributed by atoms with E-state index in [4.69, 9.17) is 61.6 Å². The molecule has 53 heteroatoms. The Labute approximate surface area is 881 Å². The molecule has 31 nitrogen and oxygen atoms in total. The van der Waals surface area contributed by atoms with Gasteiger partial charge in [0.2, 0.25) is 67.5 Å². The number of aromatic carboxylic acids is 1. The van der Waals surface area contributed by atoms with Crippen molar-refractivity contribution in [2.24, 2.45) is 0 Å². The number of carbonyl (C=O) groups excluding carboxylic acids is 4. The number of aromatic amines is 4. The summed E-state index contributed by atoms with van der Waals surface area (Å²) in [5.74, 6) is -18.1. The molecular formula is C96H82BBr2Cl4F10N13O18S5. The van der Waals surface area contributed by atoms with E-state index in [1.807, 2.05) is 27.8 Å². The molecule has 0 amide bonds. The Bertz CT molecular complexity index is 8010. The molecule has 0 radical (unpaired) electrons. The maximum atomic E-state index is 15.1. The van der Waals surface area contributed by atoms with Crippen LogP contribution in [0.5, 0.6) is 0 Å². The Morgan fingerprint density at radius 3 is 0.913 bits per heavy atom. The van der Waals surface area contributed by atoms with Crippen molar-refractivity contribution in [2.75, 3.05) is 52.4 Å². The summed E-state index contributed by atoms with van der Waals surface area (Å²) in [6, 6.07) is 37.9. The predicted molar refractivity (Wildman–Crippen MR) is 560 cm³/mol. The lowest BCUT2D eigenvalue weighted by atomic mass is 9.81. The van der Waals surface area contributed by atoms with E-state index in [9.17, 15) is 101 Å². The molecular weight excluding hydrogens is 2290 g/mol. The van der Waals surface area contributed by atoms with Crippen LogP contribution >= 0.6 is 78.3 Å². The molecule has 8 aromatic heterocycles. The van der Waals surface area contributed by atoms with Gasteiger partial charge in [0.25, 0.3) is 5.24 Å². The summed E-state index contributed by atoms with van der Waals surface area (Å²) in [5, 5.41) is 28.5. The molecule has 0 saturated heterocycles. The first-order chi connectivity index (χ1) is 70.2. The lowest BCUT2D eigenvalue weighted by molar-refractivity contribution is 0.0685. The third-order valence-corrected chi connectivity index (χ3v) is 29.6. The van der Waals surface area contributed by atoms with E-state index in [1.165, 1.54) is 24.8 Å². The average molecular weight is 2370 g/mol. The Balaban J connectivity index is 0.000000184. The van der Waals surface area contributed by atoms with Gasteiger partial charge in [0.05, 0.1) is 73.9 Å². The number of pyridine rings is 4. The van der Waals surface area contributed by atoms with Crippen LogP contribution in [-0.2, 0) is 50.1 Å². The molecule has 0 aliphatic carbocycles. The summed E-state index contributed by atoms with van der Waals surface area (Å²) in [6.07, 6.45) is 13.9. The van der Waals surface area contributed by atoms with Crippen LogP contribution in [0.2, 0.25) is 15.1 Å². The maximum absolute atomic E-state index is 15.1. The van der Waals surface area contributed by atoms with Crippen LogP contribution in [0.4, 0.5) is 72.3 Å². The number of sulfonamides is 5. The molecule has 0 aliphatic heterocycles. The van der Waals surface area contributed by atoms with Crippen molar-refractivity contribution in [1.29, 1.82) is 0 Å². The zero-order valence-corrected chi connectivity index (χ0v) is 88.0.